The topological polar surface area (TPSA) is 90.2 Å². The van der Waals surface area contributed by atoms with Crippen LogP contribution in [0.2, 0.25) is 0 Å². The Kier molecular flexibility index (Phi) is 3.89. The molecule has 0 bridgehead atoms. The van der Waals surface area contributed by atoms with Crippen LogP contribution in [-0.4, -0.2) is 35.5 Å². The van der Waals surface area contributed by atoms with Crippen LogP contribution in [0.3, 0.4) is 0 Å². The number of aromatic nitrogens is 2. The maximum atomic E-state index is 11.5. The quantitative estimate of drug-likeness (QED) is 0.731. The summed E-state index contributed by atoms with van der Waals surface area (Å²) in [7, 11) is 1.62. The van der Waals surface area contributed by atoms with Crippen molar-refractivity contribution in [2.24, 2.45) is 0 Å². The normalized spacial score (nSPS) is 11.4. The third-order valence-corrected chi connectivity index (χ3v) is 2.36. The number of ether oxygens (including phenoxy) is 2. The number of carbonyl (C=O) groups excluding carboxylic acids is 1. The van der Waals surface area contributed by atoms with Gasteiger partial charge in [0.05, 0.1) is 24.1 Å². The minimum absolute atomic E-state index is 0.190. The van der Waals surface area contributed by atoms with Crippen molar-refractivity contribution in [2.45, 2.75) is 25.9 Å². The molecule has 3 N–H and O–H groups in total. The minimum Gasteiger partial charge on any atom is -0.461 e. The minimum atomic E-state index is -0.498. The molecule has 0 radical (unpaired) electrons. The van der Waals surface area contributed by atoms with Crippen LogP contribution < -0.4 is 5.73 Å². The molecular formula is C10H17N3O3. The predicted octanol–water partition coefficient (Wildman–Crippen LogP) is 0.964. The molecule has 0 atom stereocenters. The van der Waals surface area contributed by atoms with E-state index in [1.807, 2.05) is 13.8 Å². The van der Waals surface area contributed by atoms with Crippen LogP contribution in [0, 0.1) is 0 Å². The van der Waals surface area contributed by atoms with Gasteiger partial charge in [-0.25, -0.2) is 4.79 Å². The van der Waals surface area contributed by atoms with Gasteiger partial charge < -0.3 is 15.2 Å². The highest BCUT2D eigenvalue weighted by Crippen LogP contribution is 2.14. The summed E-state index contributed by atoms with van der Waals surface area (Å²) in [6, 6.07) is 0. The average molecular weight is 227 g/mol. The smallest absolute Gasteiger partial charge is 0.358 e. The summed E-state index contributed by atoms with van der Waals surface area (Å²) in [5.74, 6) is -0.498. The SMILES string of the molecule is COC(C)(C)CCOC(=O)c1[nH]ncc1N. The van der Waals surface area contributed by atoms with Crippen LogP contribution in [0.25, 0.3) is 0 Å². The van der Waals surface area contributed by atoms with Crippen LogP contribution in [0.5, 0.6) is 0 Å². The van der Waals surface area contributed by atoms with Crippen molar-refractivity contribution in [2.75, 3.05) is 19.5 Å². The van der Waals surface area contributed by atoms with Crippen LogP contribution in [0.4, 0.5) is 5.69 Å². The highest BCUT2D eigenvalue weighted by Gasteiger charge is 2.18. The van der Waals surface area contributed by atoms with E-state index in [1.165, 1.54) is 6.20 Å². The Bertz CT molecular complexity index is 360. The van der Waals surface area contributed by atoms with Gasteiger partial charge >= 0.3 is 5.97 Å². The molecular weight excluding hydrogens is 210 g/mol. The van der Waals surface area contributed by atoms with Crippen LogP contribution in [0.15, 0.2) is 6.20 Å². The molecule has 1 aromatic rings. The van der Waals surface area contributed by atoms with Gasteiger partial charge in [-0.1, -0.05) is 0 Å². The van der Waals surface area contributed by atoms with E-state index in [0.29, 0.717) is 6.42 Å². The van der Waals surface area contributed by atoms with Crippen molar-refractivity contribution in [3.63, 3.8) is 0 Å². The molecule has 1 heterocycles. The Labute approximate surface area is 94.1 Å². The number of rotatable bonds is 5. The lowest BCUT2D eigenvalue weighted by Crippen LogP contribution is -2.25. The molecule has 16 heavy (non-hydrogen) atoms. The molecule has 0 unspecified atom stereocenters. The van der Waals surface area contributed by atoms with Gasteiger partial charge in [-0.05, 0) is 13.8 Å². The molecule has 0 aliphatic rings. The highest BCUT2D eigenvalue weighted by atomic mass is 16.5. The van der Waals surface area contributed by atoms with E-state index in [-0.39, 0.29) is 23.6 Å². The number of nitrogens with two attached hydrogens (primary N) is 1. The number of anilines is 1. The zero-order chi connectivity index (χ0) is 12.2. The van der Waals surface area contributed by atoms with Crippen LogP contribution in [-0.2, 0) is 9.47 Å². The van der Waals surface area contributed by atoms with E-state index in [2.05, 4.69) is 10.2 Å². The monoisotopic (exact) mass is 227 g/mol. The Morgan fingerprint density at radius 3 is 2.81 bits per heavy atom. The molecule has 6 nitrogen and oxygen atoms in total. The lowest BCUT2D eigenvalue weighted by molar-refractivity contribution is -0.00577. The van der Waals surface area contributed by atoms with E-state index >= 15 is 0 Å². The number of nitrogens with one attached hydrogen (secondary N) is 1. The molecule has 0 saturated heterocycles. The molecule has 0 fully saturated rings. The van der Waals surface area contributed by atoms with E-state index in [4.69, 9.17) is 15.2 Å². The largest absolute Gasteiger partial charge is 0.461 e. The Balaban J connectivity index is 2.40. The van der Waals surface area contributed by atoms with Crippen molar-refractivity contribution in [1.82, 2.24) is 10.2 Å². The average Bonchev–Trinajstić information content (AvgIpc) is 2.64. The summed E-state index contributed by atoms with van der Waals surface area (Å²) in [6.45, 7) is 4.12. The summed E-state index contributed by atoms with van der Waals surface area (Å²) >= 11 is 0. The van der Waals surface area contributed by atoms with Gasteiger partial charge in [-0.2, -0.15) is 5.10 Å². The third kappa shape index (κ3) is 3.23. The summed E-state index contributed by atoms with van der Waals surface area (Å²) in [5, 5.41) is 6.13. The number of nitrogen functional groups attached to an aromatic ring is 1. The Morgan fingerprint density at radius 2 is 2.31 bits per heavy atom. The zero-order valence-corrected chi connectivity index (χ0v) is 9.74. The van der Waals surface area contributed by atoms with Crippen molar-refractivity contribution >= 4 is 11.7 Å². The Morgan fingerprint density at radius 1 is 1.62 bits per heavy atom. The van der Waals surface area contributed by atoms with Gasteiger partial charge in [-0.15, -0.1) is 0 Å². The molecule has 0 saturated carbocycles. The lowest BCUT2D eigenvalue weighted by Gasteiger charge is -2.22. The standard InChI is InChI=1S/C10H17N3O3/c1-10(2,15-3)4-5-16-9(14)8-7(11)6-12-13-8/h6H,4-5,11H2,1-3H3,(H,12,13). The fourth-order valence-corrected chi connectivity index (χ4v) is 1.02. The fraction of sp³-hybridized carbons (Fsp3) is 0.600. The number of methoxy groups -OCH3 is 1. The van der Waals surface area contributed by atoms with E-state index in [9.17, 15) is 4.79 Å². The van der Waals surface area contributed by atoms with E-state index in [0.717, 1.165) is 0 Å². The first-order valence-corrected chi connectivity index (χ1v) is 4.97. The van der Waals surface area contributed by atoms with Gasteiger partial charge in [0.2, 0.25) is 0 Å². The number of hydrogen-bond acceptors (Lipinski definition) is 5. The number of carbonyl (C=O) groups is 1. The molecule has 1 aromatic heterocycles. The predicted molar refractivity (Wildman–Crippen MR) is 59.0 cm³/mol. The van der Waals surface area contributed by atoms with Gasteiger partial charge in [0.25, 0.3) is 0 Å². The second-order valence-corrected chi connectivity index (χ2v) is 4.05. The molecule has 0 aliphatic heterocycles. The van der Waals surface area contributed by atoms with Gasteiger partial charge in [-0.3, -0.25) is 5.10 Å². The molecule has 0 spiro atoms. The van der Waals surface area contributed by atoms with Gasteiger partial charge in [0.1, 0.15) is 0 Å². The molecule has 6 heteroatoms. The first-order chi connectivity index (χ1) is 7.46. The van der Waals surface area contributed by atoms with Crippen LogP contribution >= 0.6 is 0 Å². The molecule has 90 valence electrons. The van der Waals surface area contributed by atoms with Crippen molar-refractivity contribution in [3.05, 3.63) is 11.9 Å². The number of nitrogens with zero attached hydrogens (tertiary/aromatic N) is 1. The first kappa shape index (κ1) is 12.5. The van der Waals surface area contributed by atoms with Crippen molar-refractivity contribution < 1.29 is 14.3 Å². The number of aromatic amines is 1. The number of esters is 1. The van der Waals surface area contributed by atoms with Crippen molar-refractivity contribution in [1.29, 1.82) is 0 Å². The van der Waals surface area contributed by atoms with Gasteiger partial charge in [0.15, 0.2) is 5.69 Å². The zero-order valence-electron chi connectivity index (χ0n) is 9.74. The molecule has 1 rings (SSSR count). The van der Waals surface area contributed by atoms with Crippen LogP contribution in [0.1, 0.15) is 30.8 Å². The number of hydrogen-bond donors (Lipinski definition) is 2. The summed E-state index contributed by atoms with van der Waals surface area (Å²) < 4.78 is 10.2. The maximum absolute atomic E-state index is 11.5. The lowest BCUT2D eigenvalue weighted by atomic mass is 10.1. The summed E-state index contributed by atoms with van der Waals surface area (Å²) in [5.41, 5.74) is 5.68. The fourth-order valence-electron chi connectivity index (χ4n) is 1.02. The second-order valence-electron chi connectivity index (χ2n) is 4.05. The highest BCUT2D eigenvalue weighted by molar-refractivity contribution is 5.92. The summed E-state index contributed by atoms with van der Waals surface area (Å²) in [4.78, 5) is 11.5. The van der Waals surface area contributed by atoms with E-state index < -0.39 is 5.97 Å². The van der Waals surface area contributed by atoms with Gasteiger partial charge in [0, 0.05) is 13.5 Å². The second kappa shape index (κ2) is 4.98. The maximum Gasteiger partial charge on any atom is 0.358 e. The molecule has 0 aliphatic carbocycles. The Hall–Kier alpha value is -1.56. The number of H-pyrrole nitrogens is 1. The molecule has 0 amide bonds. The summed E-state index contributed by atoms with van der Waals surface area (Å²) in [6.07, 6.45) is 1.99. The first-order valence-electron chi connectivity index (χ1n) is 4.97. The van der Waals surface area contributed by atoms with E-state index in [1.54, 1.807) is 7.11 Å². The van der Waals surface area contributed by atoms with Crippen molar-refractivity contribution in [3.8, 4) is 0 Å². The third-order valence-electron chi connectivity index (χ3n) is 2.36. The molecule has 0 aromatic carbocycles.